The van der Waals surface area contributed by atoms with Crippen molar-refractivity contribution in [3.63, 3.8) is 0 Å². The first kappa shape index (κ1) is 21.4. The van der Waals surface area contributed by atoms with Crippen molar-refractivity contribution in [1.29, 1.82) is 0 Å². The Bertz CT molecular complexity index is 886. The number of anilines is 1. The van der Waals surface area contributed by atoms with Crippen LogP contribution in [0.15, 0.2) is 36.2 Å². The Balaban J connectivity index is 1.83. The number of hydrogen-bond donors (Lipinski definition) is 0. The van der Waals surface area contributed by atoms with Gasteiger partial charge in [0.25, 0.3) is 0 Å². The highest BCUT2D eigenvalue weighted by atomic mass is 32.1. The van der Waals surface area contributed by atoms with Crippen molar-refractivity contribution in [2.75, 3.05) is 25.1 Å². The van der Waals surface area contributed by atoms with Crippen LogP contribution in [-0.2, 0) is 0 Å². The van der Waals surface area contributed by atoms with Gasteiger partial charge in [-0.05, 0) is 55.7 Å². The van der Waals surface area contributed by atoms with E-state index in [0.29, 0.717) is 6.54 Å². The summed E-state index contributed by atoms with van der Waals surface area (Å²) in [5, 5.41) is 10.3. The smallest absolute Gasteiger partial charge is 0.208 e. The van der Waals surface area contributed by atoms with E-state index >= 15 is 0 Å². The Kier molecular flexibility index (Phi) is 7.00. The Hall–Kier alpha value is -2.28. The van der Waals surface area contributed by atoms with E-state index in [-0.39, 0.29) is 0 Å². The molecule has 0 fully saturated rings. The Morgan fingerprint density at radius 2 is 1.93 bits per heavy atom. The van der Waals surface area contributed by atoms with Crippen LogP contribution in [0.25, 0.3) is 10.6 Å². The fourth-order valence-electron chi connectivity index (χ4n) is 3.54. The first-order valence-electron chi connectivity index (χ1n) is 9.86. The normalized spacial score (nSPS) is 18.6. The predicted octanol–water partition coefficient (Wildman–Crippen LogP) is 5.81. The third-order valence-corrected chi connectivity index (χ3v) is 6.07. The Morgan fingerprint density at radius 1 is 1.21 bits per heavy atom. The lowest BCUT2D eigenvalue weighted by Gasteiger charge is -2.27. The average Bonchev–Trinajstić information content (AvgIpc) is 3.16. The third kappa shape index (κ3) is 5.01. The van der Waals surface area contributed by atoms with Crippen molar-refractivity contribution in [3.05, 3.63) is 47.3 Å². The summed E-state index contributed by atoms with van der Waals surface area (Å²) in [5.41, 5.74) is 3.08. The molecule has 0 bridgehead atoms. The quantitative estimate of drug-likeness (QED) is 0.541. The largest absolute Gasteiger partial charge is 0.496 e. The number of nitrogens with zero attached hydrogens (tertiary/aromatic N) is 3. The molecule has 0 saturated heterocycles. The van der Waals surface area contributed by atoms with E-state index in [1.165, 1.54) is 17.4 Å². The van der Waals surface area contributed by atoms with Crippen molar-refractivity contribution in [3.8, 4) is 16.3 Å². The Labute approximate surface area is 174 Å². The van der Waals surface area contributed by atoms with Crippen LogP contribution < -0.4 is 9.64 Å². The Morgan fingerprint density at radius 3 is 2.55 bits per heavy atom. The van der Waals surface area contributed by atoms with Gasteiger partial charge in [-0.1, -0.05) is 30.8 Å². The SMILES string of the molecule is CCCCN(CC1C=CC(F)=CC1F)c1nnc(-c2cc(C)c(OC)c(C)c2)s1. The topological polar surface area (TPSA) is 38.2 Å². The van der Waals surface area contributed by atoms with Crippen molar-refractivity contribution < 1.29 is 13.5 Å². The fraction of sp³-hybridized carbons (Fsp3) is 0.455. The van der Waals surface area contributed by atoms with Crippen LogP contribution in [0.1, 0.15) is 30.9 Å². The highest BCUT2D eigenvalue weighted by Crippen LogP contribution is 2.34. The molecule has 1 aromatic heterocycles. The van der Waals surface area contributed by atoms with E-state index in [4.69, 9.17) is 4.74 Å². The van der Waals surface area contributed by atoms with Crippen LogP contribution in [-0.4, -0.2) is 36.6 Å². The monoisotopic (exact) mass is 419 g/mol. The second-order valence-corrected chi connectivity index (χ2v) is 8.31. The van der Waals surface area contributed by atoms with E-state index in [1.807, 2.05) is 26.0 Å². The zero-order valence-corrected chi connectivity index (χ0v) is 18.1. The van der Waals surface area contributed by atoms with Crippen LogP contribution in [0.2, 0.25) is 0 Å². The van der Waals surface area contributed by atoms with E-state index in [1.54, 1.807) is 13.2 Å². The highest BCUT2D eigenvalue weighted by molar-refractivity contribution is 7.18. The van der Waals surface area contributed by atoms with Gasteiger partial charge >= 0.3 is 0 Å². The van der Waals surface area contributed by atoms with Crippen LogP contribution in [0.4, 0.5) is 13.9 Å². The third-order valence-electron chi connectivity index (χ3n) is 5.04. The van der Waals surface area contributed by atoms with Crippen molar-refractivity contribution in [1.82, 2.24) is 10.2 Å². The number of unbranched alkanes of at least 4 members (excludes halogenated alkanes) is 1. The molecule has 4 nitrogen and oxygen atoms in total. The number of halogens is 2. The summed E-state index contributed by atoms with van der Waals surface area (Å²) in [6, 6.07) is 4.09. The molecule has 29 heavy (non-hydrogen) atoms. The summed E-state index contributed by atoms with van der Waals surface area (Å²) in [5.74, 6) is -0.0390. The summed E-state index contributed by atoms with van der Waals surface area (Å²) in [4.78, 5) is 2.06. The van der Waals surface area contributed by atoms with Crippen molar-refractivity contribution in [2.24, 2.45) is 5.92 Å². The lowest BCUT2D eigenvalue weighted by molar-refractivity contribution is 0.312. The molecule has 3 rings (SSSR count). The first-order valence-corrected chi connectivity index (χ1v) is 10.7. The fourth-order valence-corrected chi connectivity index (χ4v) is 4.41. The molecule has 0 N–H and O–H groups in total. The lowest BCUT2D eigenvalue weighted by atomic mass is 9.98. The van der Waals surface area contributed by atoms with Gasteiger partial charge in [-0.2, -0.15) is 0 Å². The second-order valence-electron chi connectivity index (χ2n) is 7.35. The molecule has 0 spiro atoms. The molecular weight excluding hydrogens is 392 g/mol. The number of benzene rings is 1. The number of allylic oxidation sites excluding steroid dienone is 3. The number of methoxy groups -OCH3 is 1. The standard InChI is InChI=1S/C22H27F2N3OS/c1-5-6-9-27(13-16-7-8-18(23)12-19(16)24)22-26-25-21(29-22)17-10-14(2)20(28-4)15(3)11-17/h7-8,10-12,16,19H,5-6,9,13H2,1-4H3. The molecule has 0 radical (unpaired) electrons. The molecule has 7 heteroatoms. The minimum absolute atomic E-state index is 0.399. The molecule has 2 aromatic rings. The maximum Gasteiger partial charge on any atom is 0.208 e. The minimum atomic E-state index is -1.33. The maximum absolute atomic E-state index is 14.3. The first-order chi connectivity index (χ1) is 13.9. The molecule has 1 aliphatic carbocycles. The number of aryl methyl sites for hydroxylation is 2. The van der Waals surface area contributed by atoms with Crippen LogP contribution >= 0.6 is 11.3 Å². The summed E-state index contributed by atoms with van der Waals surface area (Å²) in [6.07, 6.45) is 4.64. The summed E-state index contributed by atoms with van der Waals surface area (Å²) in [6.45, 7) is 7.33. The molecule has 2 atom stereocenters. The van der Waals surface area contributed by atoms with Gasteiger partial charge in [-0.15, -0.1) is 10.2 Å². The number of ether oxygens (including phenoxy) is 1. The van der Waals surface area contributed by atoms with Crippen LogP contribution in [0, 0.1) is 19.8 Å². The number of alkyl halides is 1. The van der Waals surface area contributed by atoms with Crippen LogP contribution in [0.5, 0.6) is 5.75 Å². The minimum Gasteiger partial charge on any atom is -0.496 e. The van der Waals surface area contributed by atoms with Gasteiger partial charge in [0.1, 0.15) is 22.8 Å². The molecular formula is C22H27F2N3OS. The lowest BCUT2D eigenvalue weighted by Crippen LogP contribution is -2.34. The van der Waals surface area contributed by atoms with E-state index < -0.39 is 17.9 Å². The molecule has 0 amide bonds. The predicted molar refractivity (Wildman–Crippen MR) is 115 cm³/mol. The van der Waals surface area contributed by atoms with Gasteiger partial charge in [0, 0.05) is 24.6 Å². The number of hydrogen-bond acceptors (Lipinski definition) is 5. The summed E-state index contributed by atoms with van der Waals surface area (Å²) >= 11 is 1.49. The second kappa shape index (κ2) is 9.48. The maximum atomic E-state index is 14.3. The van der Waals surface area contributed by atoms with Gasteiger partial charge in [-0.25, -0.2) is 8.78 Å². The zero-order chi connectivity index (χ0) is 21.0. The summed E-state index contributed by atoms with van der Waals surface area (Å²) < 4.78 is 33.0. The summed E-state index contributed by atoms with van der Waals surface area (Å²) in [7, 11) is 1.67. The molecule has 1 heterocycles. The molecule has 0 saturated carbocycles. The molecule has 1 aromatic carbocycles. The van der Waals surface area contributed by atoms with E-state index in [0.717, 1.165) is 58.0 Å². The van der Waals surface area contributed by atoms with Gasteiger partial charge < -0.3 is 9.64 Å². The van der Waals surface area contributed by atoms with Gasteiger partial charge in [0.15, 0.2) is 0 Å². The number of rotatable bonds is 8. The zero-order valence-electron chi connectivity index (χ0n) is 17.3. The van der Waals surface area contributed by atoms with Crippen LogP contribution in [0.3, 0.4) is 0 Å². The highest BCUT2D eigenvalue weighted by Gasteiger charge is 2.25. The molecule has 0 aliphatic heterocycles. The van der Waals surface area contributed by atoms with Crippen molar-refractivity contribution >= 4 is 16.5 Å². The van der Waals surface area contributed by atoms with Gasteiger partial charge in [0.2, 0.25) is 5.13 Å². The van der Waals surface area contributed by atoms with Crippen molar-refractivity contribution in [2.45, 2.75) is 39.8 Å². The molecule has 2 unspecified atom stereocenters. The molecule has 156 valence electrons. The number of aromatic nitrogens is 2. The molecule has 1 aliphatic rings. The van der Waals surface area contributed by atoms with E-state index in [2.05, 4.69) is 22.0 Å². The average molecular weight is 420 g/mol. The van der Waals surface area contributed by atoms with E-state index in [9.17, 15) is 8.78 Å². The van der Waals surface area contributed by atoms with Gasteiger partial charge in [0.05, 0.1) is 7.11 Å². The van der Waals surface area contributed by atoms with Gasteiger partial charge in [-0.3, -0.25) is 0 Å².